The molecule has 0 unspecified atom stereocenters. The number of nitrogens with one attached hydrogen (secondary N) is 1. The number of aliphatic hydroxyl groups excluding tert-OH is 1. The van der Waals surface area contributed by atoms with Crippen LogP contribution in [0.25, 0.3) is 15.9 Å². The number of benzene rings is 1. The van der Waals surface area contributed by atoms with E-state index in [0.29, 0.717) is 0 Å². The topological polar surface area (TPSA) is 79.1 Å². The quantitative estimate of drug-likeness (QED) is 0.548. The van der Waals surface area contributed by atoms with Gasteiger partial charge in [-0.05, 0) is 36.4 Å². The first kappa shape index (κ1) is 18.4. The number of rotatable bonds is 4. The molecule has 0 amide bonds. The number of fused-ring (bicyclic) bond motifs is 1. The minimum absolute atomic E-state index is 0.773. The predicted octanol–water partition coefficient (Wildman–Crippen LogP) is 3.83. The van der Waals surface area contributed by atoms with Crippen molar-refractivity contribution in [2.24, 2.45) is 0 Å². The Bertz CT molecular complexity index is 1040. The maximum atomic E-state index is 7.00. The zero-order valence-corrected chi connectivity index (χ0v) is 16.4. The summed E-state index contributed by atoms with van der Waals surface area (Å²) in [4.78, 5) is 16.3. The van der Waals surface area contributed by atoms with Crippen LogP contribution in [-0.4, -0.2) is 44.8 Å². The summed E-state index contributed by atoms with van der Waals surface area (Å²) in [6.45, 7) is 2.05. The van der Waals surface area contributed by atoms with Crippen molar-refractivity contribution < 1.29 is 5.11 Å². The minimum Gasteiger partial charge on any atom is -0.400 e. The average molecular weight is 395 g/mol. The molecule has 0 spiro atoms. The van der Waals surface area contributed by atoms with Crippen LogP contribution in [0.3, 0.4) is 0 Å². The van der Waals surface area contributed by atoms with Crippen LogP contribution in [0, 0.1) is 0 Å². The molecule has 1 aliphatic heterocycles. The molecule has 0 saturated carbocycles. The van der Waals surface area contributed by atoms with E-state index in [0.717, 1.165) is 53.7 Å². The van der Waals surface area contributed by atoms with Gasteiger partial charge < -0.3 is 19.9 Å². The maximum absolute atomic E-state index is 7.00. The summed E-state index contributed by atoms with van der Waals surface area (Å²) < 4.78 is 3.05. The SMILES string of the molecule is CO.c1ccc(-n2cnc(Nc3nc(N4CCCC4)nc4ccsc34)c2)cc1. The molecule has 7 nitrogen and oxygen atoms in total. The molecule has 0 radical (unpaired) electrons. The second-order valence-corrected chi connectivity index (χ2v) is 7.24. The van der Waals surface area contributed by atoms with Crippen molar-refractivity contribution in [1.82, 2.24) is 19.5 Å². The van der Waals surface area contributed by atoms with E-state index >= 15 is 0 Å². The first-order valence-corrected chi connectivity index (χ1v) is 10.1. The number of anilines is 3. The predicted molar refractivity (Wildman–Crippen MR) is 114 cm³/mol. The second kappa shape index (κ2) is 8.37. The molecule has 8 heteroatoms. The highest BCUT2D eigenvalue weighted by Gasteiger charge is 2.18. The molecule has 2 N–H and O–H groups in total. The smallest absolute Gasteiger partial charge is 0.227 e. The molecule has 0 aliphatic carbocycles. The molecule has 28 heavy (non-hydrogen) atoms. The van der Waals surface area contributed by atoms with Gasteiger partial charge in [-0.15, -0.1) is 11.3 Å². The largest absolute Gasteiger partial charge is 0.400 e. The van der Waals surface area contributed by atoms with Crippen LogP contribution in [0.1, 0.15) is 12.8 Å². The van der Waals surface area contributed by atoms with Crippen LogP contribution in [0.2, 0.25) is 0 Å². The van der Waals surface area contributed by atoms with Crippen LogP contribution in [0.5, 0.6) is 0 Å². The molecule has 4 heterocycles. The van der Waals surface area contributed by atoms with Crippen molar-refractivity contribution >= 4 is 39.1 Å². The molecule has 4 aromatic rings. The van der Waals surface area contributed by atoms with Crippen molar-refractivity contribution in [3.8, 4) is 5.69 Å². The minimum atomic E-state index is 0.773. The fraction of sp³-hybridized carbons (Fsp3) is 0.250. The molecule has 3 aromatic heterocycles. The van der Waals surface area contributed by atoms with Gasteiger partial charge in [0.1, 0.15) is 12.1 Å². The number of thiophene rings is 1. The monoisotopic (exact) mass is 394 g/mol. The van der Waals surface area contributed by atoms with Crippen LogP contribution in [0.4, 0.5) is 17.6 Å². The molecular formula is C20H22N6OS. The van der Waals surface area contributed by atoms with Crippen LogP contribution < -0.4 is 10.2 Å². The van der Waals surface area contributed by atoms with Crippen molar-refractivity contribution in [2.75, 3.05) is 30.4 Å². The first-order chi connectivity index (χ1) is 13.9. The summed E-state index contributed by atoms with van der Waals surface area (Å²) >= 11 is 1.65. The van der Waals surface area contributed by atoms with Gasteiger partial charge in [0, 0.05) is 25.9 Å². The lowest BCUT2D eigenvalue weighted by Crippen LogP contribution is -2.20. The standard InChI is InChI=1S/C19H18N6S.CH4O/c1-2-6-14(7-3-1)25-12-16(20-13-25)22-18-17-15(8-11-26-17)21-19(23-18)24-9-4-5-10-24;1-2/h1-3,6-8,11-13H,4-5,9-10H2,(H,21,22,23);2H,1H3. The van der Waals surface area contributed by atoms with E-state index in [2.05, 4.69) is 38.8 Å². The van der Waals surface area contributed by atoms with Crippen LogP contribution in [-0.2, 0) is 0 Å². The number of para-hydroxylation sites is 1. The Morgan fingerprint density at radius 1 is 1.04 bits per heavy atom. The lowest BCUT2D eigenvalue weighted by Gasteiger charge is -2.16. The fourth-order valence-corrected chi connectivity index (χ4v) is 4.02. The third-order valence-electron chi connectivity index (χ3n) is 4.56. The Morgan fingerprint density at radius 3 is 2.61 bits per heavy atom. The summed E-state index contributed by atoms with van der Waals surface area (Å²) in [5.74, 6) is 2.40. The fourth-order valence-electron chi connectivity index (χ4n) is 3.24. The summed E-state index contributed by atoms with van der Waals surface area (Å²) in [5.41, 5.74) is 2.06. The summed E-state index contributed by atoms with van der Waals surface area (Å²) in [7, 11) is 1.00. The van der Waals surface area contributed by atoms with E-state index in [1.807, 2.05) is 35.3 Å². The lowest BCUT2D eigenvalue weighted by atomic mass is 10.3. The zero-order valence-electron chi connectivity index (χ0n) is 15.6. The van der Waals surface area contributed by atoms with Gasteiger partial charge in [0.05, 0.1) is 16.4 Å². The molecule has 5 rings (SSSR count). The van der Waals surface area contributed by atoms with E-state index < -0.39 is 0 Å². The van der Waals surface area contributed by atoms with Crippen molar-refractivity contribution in [2.45, 2.75) is 12.8 Å². The normalized spacial score (nSPS) is 13.4. The van der Waals surface area contributed by atoms with Gasteiger partial charge >= 0.3 is 0 Å². The second-order valence-electron chi connectivity index (χ2n) is 6.33. The van der Waals surface area contributed by atoms with Gasteiger partial charge in [0.25, 0.3) is 0 Å². The van der Waals surface area contributed by atoms with E-state index in [-0.39, 0.29) is 0 Å². The van der Waals surface area contributed by atoms with Gasteiger partial charge in [0.2, 0.25) is 5.95 Å². The van der Waals surface area contributed by atoms with E-state index in [1.165, 1.54) is 12.8 Å². The Labute approximate surface area is 167 Å². The maximum Gasteiger partial charge on any atom is 0.227 e. The lowest BCUT2D eigenvalue weighted by molar-refractivity contribution is 0.399. The molecule has 1 aliphatic rings. The summed E-state index contributed by atoms with van der Waals surface area (Å²) in [6, 6.07) is 12.2. The molecule has 144 valence electrons. The summed E-state index contributed by atoms with van der Waals surface area (Å²) in [5, 5.41) is 12.4. The Balaban J connectivity index is 0.000000932. The Kier molecular flexibility index (Phi) is 5.50. The highest BCUT2D eigenvalue weighted by Crippen LogP contribution is 2.31. The number of aromatic nitrogens is 4. The van der Waals surface area contributed by atoms with Gasteiger partial charge in [-0.25, -0.2) is 9.97 Å². The molecule has 0 bridgehead atoms. The Morgan fingerprint density at radius 2 is 1.82 bits per heavy atom. The number of hydrogen-bond acceptors (Lipinski definition) is 7. The molecule has 0 atom stereocenters. The number of aliphatic hydroxyl groups is 1. The highest BCUT2D eigenvalue weighted by atomic mass is 32.1. The highest BCUT2D eigenvalue weighted by molar-refractivity contribution is 7.17. The van der Waals surface area contributed by atoms with Gasteiger partial charge in [-0.1, -0.05) is 18.2 Å². The number of imidazole rings is 1. The molecule has 1 saturated heterocycles. The summed E-state index contributed by atoms with van der Waals surface area (Å²) in [6.07, 6.45) is 6.20. The molecule has 1 fully saturated rings. The van der Waals surface area contributed by atoms with Gasteiger partial charge in [-0.2, -0.15) is 4.98 Å². The Hall–Kier alpha value is -2.97. The van der Waals surface area contributed by atoms with Crippen LogP contribution in [0.15, 0.2) is 54.3 Å². The van der Waals surface area contributed by atoms with Gasteiger partial charge in [0.15, 0.2) is 5.82 Å². The van der Waals surface area contributed by atoms with Crippen LogP contribution >= 0.6 is 11.3 Å². The van der Waals surface area contributed by atoms with Crippen molar-refractivity contribution in [3.05, 3.63) is 54.3 Å². The van der Waals surface area contributed by atoms with Crippen molar-refractivity contribution in [3.63, 3.8) is 0 Å². The average Bonchev–Trinajstić information content (AvgIpc) is 3.51. The van der Waals surface area contributed by atoms with E-state index in [1.54, 1.807) is 11.3 Å². The number of nitrogens with zero attached hydrogens (tertiary/aromatic N) is 5. The van der Waals surface area contributed by atoms with Gasteiger partial charge in [-0.3, -0.25) is 0 Å². The van der Waals surface area contributed by atoms with Crippen molar-refractivity contribution in [1.29, 1.82) is 0 Å². The third-order valence-corrected chi connectivity index (χ3v) is 5.47. The molecular weight excluding hydrogens is 372 g/mol. The number of hydrogen-bond donors (Lipinski definition) is 2. The van der Waals surface area contributed by atoms with E-state index in [9.17, 15) is 0 Å². The molecule has 1 aromatic carbocycles. The third kappa shape index (κ3) is 3.69. The van der Waals surface area contributed by atoms with E-state index in [4.69, 9.17) is 15.1 Å². The first-order valence-electron chi connectivity index (χ1n) is 9.18. The zero-order chi connectivity index (χ0) is 19.3.